The Kier molecular flexibility index (Phi) is 15.7. The van der Waals surface area contributed by atoms with Gasteiger partial charge in [0.2, 0.25) is 0 Å². The van der Waals surface area contributed by atoms with Crippen LogP contribution in [0.5, 0.6) is 11.5 Å². The van der Waals surface area contributed by atoms with Crippen molar-refractivity contribution in [3.05, 3.63) is 117 Å². The van der Waals surface area contributed by atoms with E-state index in [1.807, 2.05) is 0 Å². The van der Waals surface area contributed by atoms with Crippen LogP contribution in [0, 0.1) is 20.2 Å². The van der Waals surface area contributed by atoms with Crippen molar-refractivity contribution < 1.29 is 119 Å². The van der Waals surface area contributed by atoms with Gasteiger partial charge in [-0.3, -0.25) is 29.8 Å². The van der Waals surface area contributed by atoms with Crippen molar-refractivity contribution in [3.8, 4) is 11.5 Å². The normalized spacial score (nSPS) is 15.9. The van der Waals surface area contributed by atoms with Gasteiger partial charge in [0.15, 0.2) is 12.1 Å². The Balaban J connectivity index is 0.00000423. The standard InChI is InChI=1S/C41H30N12O15S2.2Na/c1-19-35(44-46-37-27-13-11-25(52(59)60)15-29(27)33(17-31(37)54)69(63,64)65)39(56)50(48-19)23-7-3-21(4-8-23)42-41(58)43-22-5-9-24(10-6-22)51-40(57)36(20(2)49-51)45-47-38-28-14-12-26(53(61)62)16-30(28)34(18-32(38)55)70(66,67)68;;/h3-18,35-36,54-55H,1-2H3,(H2,42,43,58)(H,63,64,65)(H,66,67,68);;/q;2*+1/p-2. The fraction of sp³-hybridized carbons (Fsp3) is 0.0976. The molecule has 0 fully saturated rings. The van der Waals surface area contributed by atoms with E-state index >= 15 is 0 Å². The topological polar surface area (TPSA) is 397 Å². The minimum atomic E-state index is -5.21. The molecule has 6 aromatic rings. The van der Waals surface area contributed by atoms with Crippen LogP contribution in [0.4, 0.5) is 50.3 Å². The predicted molar refractivity (Wildman–Crippen MR) is 244 cm³/mol. The summed E-state index contributed by atoms with van der Waals surface area (Å²) in [7, 11) is -10.4. The van der Waals surface area contributed by atoms with Crippen LogP contribution in [0.25, 0.3) is 21.5 Å². The number of carbonyl (C=O) groups excluding carboxylic acids is 3. The summed E-state index contributed by atoms with van der Waals surface area (Å²) in [4.78, 5) is 59.0. The first-order valence-corrected chi connectivity index (χ1v) is 22.5. The summed E-state index contributed by atoms with van der Waals surface area (Å²) in [5, 5.41) is 74.4. The van der Waals surface area contributed by atoms with Crippen molar-refractivity contribution in [3.63, 3.8) is 0 Å². The Labute approximate surface area is 448 Å². The summed E-state index contributed by atoms with van der Waals surface area (Å²) >= 11 is 0. The number of nitro groups is 2. The largest absolute Gasteiger partial charge is 1.00 e. The Hall–Kier alpha value is -7.19. The molecular weight excluding hydrogens is 1010 g/mol. The number of hydrazone groups is 2. The van der Waals surface area contributed by atoms with Gasteiger partial charge in [0.05, 0.1) is 42.4 Å². The molecule has 2 aliphatic heterocycles. The summed E-state index contributed by atoms with van der Waals surface area (Å²) in [5.74, 6) is -2.97. The molecule has 0 aliphatic carbocycles. The number of nitrogens with zero attached hydrogens (tertiary/aromatic N) is 10. The molecule has 4 amide bonds. The van der Waals surface area contributed by atoms with E-state index < -0.39 is 103 Å². The number of urea groups is 1. The number of hydrogen-bond donors (Lipinski definition) is 4. The molecule has 2 aliphatic rings. The van der Waals surface area contributed by atoms with E-state index in [0.29, 0.717) is 12.1 Å². The van der Waals surface area contributed by atoms with E-state index in [2.05, 4.69) is 41.3 Å². The van der Waals surface area contributed by atoms with Crippen molar-refractivity contribution in [2.75, 3.05) is 20.7 Å². The van der Waals surface area contributed by atoms with Crippen molar-refractivity contribution in [2.24, 2.45) is 30.7 Å². The van der Waals surface area contributed by atoms with Gasteiger partial charge in [-0.1, -0.05) is 0 Å². The Morgan fingerprint density at radius 2 is 0.944 bits per heavy atom. The second kappa shape index (κ2) is 20.9. The number of nitro benzene ring substituents is 2. The van der Waals surface area contributed by atoms with Crippen LogP contribution < -0.4 is 79.8 Å². The maximum atomic E-state index is 13.4. The predicted octanol–water partition coefficient (Wildman–Crippen LogP) is 0.431. The van der Waals surface area contributed by atoms with Gasteiger partial charge in [-0.2, -0.15) is 40.7 Å². The maximum absolute atomic E-state index is 13.4. The number of nitrogens with one attached hydrogen (secondary N) is 2. The molecular formula is C41H28N12Na2O15S2. The molecule has 6 aromatic carbocycles. The van der Waals surface area contributed by atoms with E-state index in [1.54, 1.807) is 0 Å². The van der Waals surface area contributed by atoms with Gasteiger partial charge in [0, 0.05) is 69.3 Å². The van der Waals surface area contributed by atoms with Crippen molar-refractivity contribution >= 4 is 117 Å². The molecule has 356 valence electrons. The Bertz CT molecular complexity index is 3420. The average Bonchev–Trinajstić information content (AvgIpc) is 3.75. The number of rotatable bonds is 12. The van der Waals surface area contributed by atoms with Crippen molar-refractivity contribution in [1.82, 2.24) is 0 Å². The third-order valence-electron chi connectivity index (χ3n) is 10.5. The molecule has 2 atom stereocenters. The molecule has 0 aromatic heterocycles. The van der Waals surface area contributed by atoms with Gasteiger partial charge in [0.25, 0.3) is 23.2 Å². The monoisotopic (exact) mass is 1040 g/mol. The number of carbonyl (C=O) groups is 3. The smallest absolute Gasteiger partial charge is 0.744 e. The molecule has 31 heteroatoms. The quantitative estimate of drug-likeness (QED) is 0.0425. The number of fused-ring (bicyclic) bond motifs is 2. The van der Waals surface area contributed by atoms with Crippen LogP contribution in [0.3, 0.4) is 0 Å². The zero-order valence-corrected chi connectivity index (χ0v) is 43.0. The number of hydrogen-bond acceptors (Lipinski definition) is 21. The fourth-order valence-corrected chi connectivity index (χ4v) is 8.59. The summed E-state index contributed by atoms with van der Waals surface area (Å²) < 4.78 is 71.5. The molecule has 27 nitrogen and oxygen atoms in total. The molecule has 72 heavy (non-hydrogen) atoms. The summed E-state index contributed by atoms with van der Waals surface area (Å²) in [6, 6.07) is 15.4. The molecule has 2 heterocycles. The first-order valence-electron chi connectivity index (χ1n) is 19.7. The Morgan fingerprint density at radius 3 is 1.26 bits per heavy atom. The average molecular weight is 1040 g/mol. The summed E-state index contributed by atoms with van der Waals surface area (Å²) in [6.07, 6.45) is 0. The third-order valence-corrected chi connectivity index (χ3v) is 12.3. The first kappa shape index (κ1) is 54.1. The molecule has 2 unspecified atom stereocenters. The Morgan fingerprint density at radius 1 is 0.597 bits per heavy atom. The molecule has 0 bridgehead atoms. The van der Waals surface area contributed by atoms with Crippen LogP contribution in [0.1, 0.15) is 13.8 Å². The van der Waals surface area contributed by atoms with Gasteiger partial charge in [-0.15, -0.1) is 0 Å². The number of anilines is 4. The summed E-state index contributed by atoms with van der Waals surface area (Å²) in [6.45, 7) is 2.94. The summed E-state index contributed by atoms with van der Waals surface area (Å²) in [5.41, 5.74) is -0.419. The van der Waals surface area contributed by atoms with Crippen LogP contribution in [-0.4, -0.2) is 87.4 Å². The van der Waals surface area contributed by atoms with Gasteiger partial charge in [0.1, 0.15) is 43.1 Å². The van der Waals surface area contributed by atoms with Crippen molar-refractivity contribution in [1.29, 1.82) is 0 Å². The number of phenols is 2. The molecule has 0 spiro atoms. The number of amides is 4. The number of azo groups is 2. The number of phenolic OH excluding ortho intramolecular Hbond substituents is 2. The molecule has 8 rings (SSSR count). The second-order valence-electron chi connectivity index (χ2n) is 15.1. The minimum absolute atomic E-state index is 0. The fourth-order valence-electron chi connectivity index (χ4n) is 7.20. The molecule has 0 saturated heterocycles. The zero-order valence-electron chi connectivity index (χ0n) is 37.4. The number of aromatic hydroxyl groups is 2. The van der Waals surface area contributed by atoms with Crippen LogP contribution in [0.2, 0.25) is 0 Å². The van der Waals surface area contributed by atoms with E-state index in [1.165, 1.54) is 62.4 Å². The molecule has 4 N–H and O–H groups in total. The van der Waals surface area contributed by atoms with Crippen LogP contribution in [-0.2, 0) is 29.8 Å². The van der Waals surface area contributed by atoms with E-state index in [9.17, 15) is 70.8 Å². The number of non-ortho nitro benzene ring substituents is 2. The first-order chi connectivity index (χ1) is 33.0. The molecule has 0 radical (unpaired) electrons. The number of benzene rings is 6. The van der Waals surface area contributed by atoms with Crippen LogP contribution in [0.15, 0.2) is 138 Å². The van der Waals surface area contributed by atoms with Gasteiger partial charge >= 0.3 is 65.1 Å². The van der Waals surface area contributed by atoms with E-state index in [-0.39, 0.29) is 115 Å². The second-order valence-corrected chi connectivity index (χ2v) is 17.8. The van der Waals surface area contributed by atoms with Gasteiger partial charge in [-0.05, 0) is 74.5 Å². The third kappa shape index (κ3) is 10.8. The van der Waals surface area contributed by atoms with Crippen LogP contribution >= 0.6 is 0 Å². The van der Waals surface area contributed by atoms with Gasteiger partial charge in [-0.25, -0.2) is 21.6 Å². The van der Waals surface area contributed by atoms with Gasteiger partial charge < -0.3 is 30.0 Å². The zero-order chi connectivity index (χ0) is 50.6. The van der Waals surface area contributed by atoms with Crippen molar-refractivity contribution in [2.45, 2.75) is 35.7 Å². The molecule has 0 saturated carbocycles. The minimum Gasteiger partial charge on any atom is -0.744 e. The SMILES string of the molecule is CC1=NN(c2ccc(NC(=O)Nc3ccc(N4N=C(C)C(N=Nc5c(O)cc(S(=O)(=O)[O-])c6cc([N+](=O)[O-])ccc56)C4=O)cc3)cc2)C(=O)C1N=Nc1c(O)cc(S(=O)(=O)[O-])c2cc([N+](=O)[O-])ccc12.[Na+].[Na+]. The maximum Gasteiger partial charge on any atom is 1.00 e. The van der Waals surface area contributed by atoms with E-state index in [0.717, 1.165) is 46.4 Å². The van der Waals surface area contributed by atoms with E-state index in [4.69, 9.17) is 0 Å².